The van der Waals surface area contributed by atoms with Gasteiger partial charge in [-0.2, -0.15) is 0 Å². The summed E-state index contributed by atoms with van der Waals surface area (Å²) in [7, 11) is 0. The van der Waals surface area contributed by atoms with Crippen molar-refractivity contribution in [3.63, 3.8) is 0 Å². The fraction of sp³-hybridized carbons (Fsp3) is 0.682. The number of hydrogen-bond donors (Lipinski definition) is 2. The van der Waals surface area contributed by atoms with E-state index in [-0.39, 0.29) is 0 Å². The summed E-state index contributed by atoms with van der Waals surface area (Å²) in [6, 6.07) is 0.439. The van der Waals surface area contributed by atoms with Crippen LogP contribution < -0.4 is 5.73 Å². The Morgan fingerprint density at radius 2 is 1.71 bits per heavy atom. The zero-order valence-corrected chi connectivity index (χ0v) is 16.1. The molecule has 0 spiro atoms. The van der Waals surface area contributed by atoms with E-state index in [0.717, 1.165) is 56.0 Å². The first kappa shape index (κ1) is 16.8. The van der Waals surface area contributed by atoms with Crippen molar-refractivity contribution in [2.75, 3.05) is 5.73 Å². The Hall–Kier alpha value is -2.13. The van der Waals surface area contributed by atoms with Crippen molar-refractivity contribution in [3.05, 3.63) is 12.2 Å². The Kier molecular flexibility index (Phi) is 3.56. The van der Waals surface area contributed by atoms with Gasteiger partial charge in [0.25, 0.3) is 0 Å². The third-order valence-corrected chi connectivity index (χ3v) is 7.92. The second-order valence-electron chi connectivity index (χ2n) is 9.57. The zero-order valence-electron chi connectivity index (χ0n) is 16.1. The van der Waals surface area contributed by atoms with Crippen LogP contribution in [0.25, 0.3) is 11.2 Å². The van der Waals surface area contributed by atoms with Crippen LogP contribution in [-0.4, -0.2) is 30.2 Å². The van der Waals surface area contributed by atoms with E-state index >= 15 is 0 Å². The Morgan fingerprint density at radius 3 is 2.39 bits per heavy atom. The average molecular weight is 377 g/mol. The summed E-state index contributed by atoms with van der Waals surface area (Å²) in [5.41, 5.74) is 6.72. The number of anilines is 1. The van der Waals surface area contributed by atoms with Crippen molar-refractivity contribution >= 4 is 17.0 Å². The van der Waals surface area contributed by atoms with Crippen LogP contribution in [0.3, 0.4) is 0 Å². The molecule has 5 fully saturated rings. The summed E-state index contributed by atoms with van der Waals surface area (Å²) in [5.74, 6) is 9.34. The molecular weight excluding hydrogens is 350 g/mol. The van der Waals surface area contributed by atoms with Gasteiger partial charge in [-0.05, 0) is 74.5 Å². The molecule has 4 bridgehead atoms. The Morgan fingerprint density at radius 1 is 1.04 bits per heavy atom. The molecule has 0 atom stereocenters. The smallest absolute Gasteiger partial charge is 0.209 e. The third-order valence-electron chi connectivity index (χ3n) is 7.92. The summed E-state index contributed by atoms with van der Waals surface area (Å²) in [6.45, 7) is 0. The van der Waals surface area contributed by atoms with E-state index in [2.05, 4.69) is 26.4 Å². The van der Waals surface area contributed by atoms with Gasteiger partial charge in [-0.1, -0.05) is 18.8 Å². The van der Waals surface area contributed by atoms with Crippen molar-refractivity contribution < 1.29 is 5.11 Å². The van der Waals surface area contributed by atoms with Gasteiger partial charge in [0, 0.05) is 6.04 Å². The topological polar surface area (TPSA) is 89.8 Å². The van der Waals surface area contributed by atoms with Gasteiger partial charge in [0.05, 0.1) is 6.33 Å². The van der Waals surface area contributed by atoms with Gasteiger partial charge in [0.2, 0.25) is 5.82 Å². The van der Waals surface area contributed by atoms with E-state index in [1.807, 2.05) is 6.33 Å². The maximum Gasteiger partial charge on any atom is 0.209 e. The molecule has 6 heteroatoms. The van der Waals surface area contributed by atoms with E-state index < -0.39 is 5.60 Å². The third kappa shape index (κ3) is 2.42. The molecule has 0 saturated heterocycles. The number of hydrogen-bond acceptors (Lipinski definition) is 5. The lowest BCUT2D eigenvalue weighted by molar-refractivity contribution is -0.136. The molecule has 146 valence electrons. The molecule has 5 aliphatic carbocycles. The molecule has 0 amide bonds. The Labute approximate surface area is 165 Å². The molecule has 0 aliphatic heterocycles. The second kappa shape index (κ2) is 5.93. The minimum Gasteiger partial charge on any atom is -0.382 e. The highest BCUT2D eigenvalue weighted by Gasteiger charge is 2.56. The van der Waals surface area contributed by atoms with Crippen molar-refractivity contribution in [1.82, 2.24) is 19.5 Å². The number of imidazole rings is 1. The lowest BCUT2D eigenvalue weighted by Gasteiger charge is -2.56. The predicted molar refractivity (Wildman–Crippen MR) is 106 cm³/mol. The molecular formula is C22H27N5O. The summed E-state index contributed by atoms with van der Waals surface area (Å²) >= 11 is 0. The number of aromatic nitrogens is 4. The van der Waals surface area contributed by atoms with E-state index in [0.29, 0.717) is 35.0 Å². The number of aliphatic hydroxyl groups is 1. The first-order valence-electron chi connectivity index (χ1n) is 10.9. The molecule has 2 aromatic heterocycles. The van der Waals surface area contributed by atoms with Crippen LogP contribution in [0.15, 0.2) is 6.33 Å². The summed E-state index contributed by atoms with van der Waals surface area (Å²) in [4.78, 5) is 13.5. The first-order chi connectivity index (χ1) is 13.6. The molecule has 7 rings (SSSR count). The van der Waals surface area contributed by atoms with E-state index in [9.17, 15) is 5.11 Å². The normalized spacial score (nSPS) is 36.8. The highest BCUT2D eigenvalue weighted by Crippen LogP contribution is 2.58. The number of nitrogens with zero attached hydrogens (tertiary/aromatic N) is 4. The van der Waals surface area contributed by atoms with Gasteiger partial charge in [0.15, 0.2) is 11.5 Å². The molecule has 3 N–H and O–H groups in total. The van der Waals surface area contributed by atoms with E-state index in [1.54, 1.807) is 0 Å². The van der Waals surface area contributed by atoms with Crippen LogP contribution in [0.2, 0.25) is 0 Å². The average Bonchev–Trinajstić information content (AvgIpc) is 3.33. The predicted octanol–water partition coefficient (Wildman–Crippen LogP) is 3.06. The van der Waals surface area contributed by atoms with Gasteiger partial charge in [-0.25, -0.2) is 15.0 Å². The standard InChI is InChI=1S/C22H27N5O/c23-20-19-21(27(12-24-19)17-3-1-2-4-17)26-18(25-20)5-6-22(28)15-8-13-7-14(10-15)11-16(22)9-13/h12-17,28H,1-4,7-11H2,(H2,23,25,26). The van der Waals surface area contributed by atoms with Gasteiger partial charge in [-0.3, -0.25) is 0 Å². The van der Waals surface area contributed by atoms with Crippen LogP contribution in [0.5, 0.6) is 0 Å². The maximum atomic E-state index is 11.4. The van der Waals surface area contributed by atoms with Gasteiger partial charge in [-0.15, -0.1) is 0 Å². The zero-order chi connectivity index (χ0) is 18.9. The number of fused-ring (bicyclic) bond motifs is 1. The Bertz CT molecular complexity index is 966. The highest BCUT2D eigenvalue weighted by molar-refractivity contribution is 5.82. The second-order valence-corrected chi connectivity index (χ2v) is 9.57. The van der Waals surface area contributed by atoms with E-state index in [4.69, 9.17) is 10.7 Å². The number of rotatable bonds is 1. The lowest BCUT2D eigenvalue weighted by atomic mass is 9.50. The quantitative estimate of drug-likeness (QED) is 0.746. The van der Waals surface area contributed by atoms with Crippen molar-refractivity contribution in [2.45, 2.75) is 69.4 Å². The molecule has 28 heavy (non-hydrogen) atoms. The van der Waals surface area contributed by atoms with Gasteiger partial charge in [0.1, 0.15) is 11.1 Å². The number of nitrogens with two attached hydrogens (primary N) is 1. The first-order valence-corrected chi connectivity index (χ1v) is 10.9. The van der Waals surface area contributed by atoms with Crippen molar-refractivity contribution in [3.8, 4) is 11.8 Å². The monoisotopic (exact) mass is 377 g/mol. The van der Waals surface area contributed by atoms with Crippen LogP contribution in [0.4, 0.5) is 5.82 Å². The molecule has 0 unspecified atom stereocenters. The molecule has 2 aromatic rings. The summed E-state index contributed by atoms with van der Waals surface area (Å²) < 4.78 is 2.14. The van der Waals surface area contributed by atoms with Crippen LogP contribution in [-0.2, 0) is 0 Å². The van der Waals surface area contributed by atoms with Crippen molar-refractivity contribution in [2.24, 2.45) is 23.7 Å². The van der Waals surface area contributed by atoms with Crippen LogP contribution in [0, 0.1) is 35.5 Å². The maximum absolute atomic E-state index is 11.4. The minimum atomic E-state index is -0.883. The number of nitrogen functional groups attached to an aromatic ring is 1. The van der Waals surface area contributed by atoms with Gasteiger partial charge >= 0.3 is 0 Å². The van der Waals surface area contributed by atoms with Crippen LogP contribution >= 0.6 is 0 Å². The summed E-state index contributed by atoms with van der Waals surface area (Å²) in [5, 5.41) is 11.4. The Balaban J connectivity index is 1.37. The lowest BCUT2D eigenvalue weighted by Crippen LogP contribution is -2.56. The molecule has 0 aromatic carbocycles. The molecule has 2 heterocycles. The molecule has 6 nitrogen and oxygen atoms in total. The fourth-order valence-corrected chi connectivity index (χ4v) is 6.71. The molecule has 5 aliphatic rings. The SMILES string of the molecule is Nc1nc(C#CC2(O)C3CC4CC(C3)CC2C4)nc2c1ncn2C1CCCC1. The van der Waals surface area contributed by atoms with Crippen molar-refractivity contribution in [1.29, 1.82) is 0 Å². The van der Waals surface area contributed by atoms with Crippen LogP contribution in [0.1, 0.15) is 69.7 Å². The molecule has 0 radical (unpaired) electrons. The molecule has 5 saturated carbocycles. The largest absolute Gasteiger partial charge is 0.382 e. The summed E-state index contributed by atoms with van der Waals surface area (Å²) in [6.07, 6.45) is 12.5. The minimum absolute atomic E-state index is 0.307. The van der Waals surface area contributed by atoms with E-state index in [1.165, 1.54) is 19.3 Å². The highest BCUT2D eigenvalue weighted by atomic mass is 16.3. The fourth-order valence-electron chi connectivity index (χ4n) is 6.71. The van der Waals surface area contributed by atoms with Gasteiger partial charge < -0.3 is 15.4 Å².